The number of hydrogen-bond donors (Lipinski definition) is 0. The summed E-state index contributed by atoms with van der Waals surface area (Å²) >= 11 is 1.60. The molecule has 1 atom stereocenters. The molecule has 1 saturated heterocycles. The van der Waals surface area contributed by atoms with E-state index in [9.17, 15) is 9.18 Å². The van der Waals surface area contributed by atoms with E-state index in [4.69, 9.17) is 0 Å². The molecule has 0 unspecified atom stereocenters. The number of likely N-dealkylation sites (tertiary alicyclic amines) is 1. The molecule has 28 heavy (non-hydrogen) atoms. The quantitative estimate of drug-likeness (QED) is 0.571. The summed E-state index contributed by atoms with van der Waals surface area (Å²) in [4.78, 5) is 20.1. The molecule has 2 aromatic carbocycles. The Morgan fingerprint density at radius 3 is 2.86 bits per heavy atom. The maximum atomic E-state index is 13.0. The lowest BCUT2D eigenvalue weighted by Gasteiger charge is -2.33. The number of rotatable bonds is 6. The van der Waals surface area contributed by atoms with Gasteiger partial charge in [0, 0.05) is 36.7 Å². The summed E-state index contributed by atoms with van der Waals surface area (Å²) in [5.74, 6) is 1.16. The smallest absolute Gasteiger partial charge is 0.223 e. The van der Waals surface area contributed by atoms with Gasteiger partial charge >= 0.3 is 0 Å². The van der Waals surface area contributed by atoms with Crippen molar-refractivity contribution in [2.24, 2.45) is 5.92 Å². The first kappa shape index (κ1) is 19.0. The number of imidazole rings is 1. The summed E-state index contributed by atoms with van der Waals surface area (Å²) in [6.45, 7) is 2.56. The van der Waals surface area contributed by atoms with Crippen LogP contribution in [0.25, 0.3) is 11.0 Å². The number of nitrogens with zero attached hydrogens (tertiary/aromatic N) is 3. The van der Waals surface area contributed by atoms with Crippen LogP contribution in [0.4, 0.5) is 4.39 Å². The summed E-state index contributed by atoms with van der Waals surface area (Å²) in [6, 6.07) is 14.6. The molecule has 1 aliphatic rings. The van der Waals surface area contributed by atoms with E-state index in [-0.39, 0.29) is 11.7 Å². The third-order valence-corrected chi connectivity index (χ3v) is 6.27. The Morgan fingerprint density at radius 1 is 1.18 bits per heavy atom. The van der Waals surface area contributed by atoms with Crippen LogP contribution >= 0.6 is 11.8 Å². The molecule has 2 heterocycles. The van der Waals surface area contributed by atoms with E-state index in [2.05, 4.69) is 15.6 Å². The van der Waals surface area contributed by atoms with Crippen molar-refractivity contribution >= 4 is 28.7 Å². The highest BCUT2D eigenvalue weighted by atomic mass is 32.2. The molecule has 0 bridgehead atoms. The van der Waals surface area contributed by atoms with Gasteiger partial charge in [-0.15, -0.1) is 11.8 Å². The maximum absolute atomic E-state index is 13.0. The number of amides is 1. The lowest BCUT2D eigenvalue weighted by molar-refractivity contribution is -0.132. The number of hydrogen-bond acceptors (Lipinski definition) is 3. The predicted molar refractivity (Wildman–Crippen MR) is 111 cm³/mol. The first-order valence-electron chi connectivity index (χ1n) is 9.75. The van der Waals surface area contributed by atoms with Crippen molar-refractivity contribution in [2.45, 2.75) is 30.7 Å². The van der Waals surface area contributed by atoms with Crippen molar-refractivity contribution in [3.8, 4) is 0 Å². The normalized spacial score (nSPS) is 17.2. The van der Waals surface area contributed by atoms with Crippen LogP contribution in [0.15, 0.2) is 59.8 Å². The van der Waals surface area contributed by atoms with Gasteiger partial charge in [-0.1, -0.05) is 12.1 Å². The van der Waals surface area contributed by atoms with E-state index in [0.717, 1.165) is 54.2 Å². The fourth-order valence-corrected chi connectivity index (χ4v) is 4.66. The Bertz CT molecular complexity index is 940. The van der Waals surface area contributed by atoms with Gasteiger partial charge in [0.1, 0.15) is 5.82 Å². The minimum atomic E-state index is -0.231. The van der Waals surface area contributed by atoms with Crippen molar-refractivity contribution in [1.29, 1.82) is 0 Å². The number of aromatic nitrogens is 2. The zero-order chi connectivity index (χ0) is 19.3. The highest BCUT2D eigenvalue weighted by Crippen LogP contribution is 2.23. The molecule has 1 fully saturated rings. The molecule has 0 aliphatic carbocycles. The highest BCUT2D eigenvalue weighted by molar-refractivity contribution is 7.99. The van der Waals surface area contributed by atoms with E-state index in [1.54, 1.807) is 23.9 Å². The Morgan fingerprint density at radius 2 is 2.00 bits per heavy atom. The van der Waals surface area contributed by atoms with E-state index in [1.807, 2.05) is 29.4 Å². The maximum Gasteiger partial charge on any atom is 0.223 e. The third kappa shape index (κ3) is 4.55. The van der Waals surface area contributed by atoms with Crippen LogP contribution in [0, 0.1) is 11.7 Å². The molecule has 1 amide bonds. The number of benzene rings is 2. The summed E-state index contributed by atoms with van der Waals surface area (Å²) in [5, 5.41) is 0. The van der Waals surface area contributed by atoms with Gasteiger partial charge in [-0.3, -0.25) is 4.79 Å². The average molecular weight is 398 g/mol. The average Bonchev–Trinajstić information content (AvgIpc) is 3.12. The van der Waals surface area contributed by atoms with Crippen LogP contribution in [0.5, 0.6) is 0 Å². The molecule has 0 N–H and O–H groups in total. The summed E-state index contributed by atoms with van der Waals surface area (Å²) in [5.41, 5.74) is 2.17. The van der Waals surface area contributed by atoms with Gasteiger partial charge in [-0.25, -0.2) is 9.37 Å². The highest BCUT2D eigenvalue weighted by Gasteiger charge is 2.24. The van der Waals surface area contributed by atoms with Gasteiger partial charge in [0.2, 0.25) is 5.91 Å². The van der Waals surface area contributed by atoms with Crippen molar-refractivity contribution < 1.29 is 9.18 Å². The minimum Gasteiger partial charge on any atom is -0.342 e. The Kier molecular flexibility index (Phi) is 5.95. The third-order valence-electron chi connectivity index (χ3n) is 5.25. The van der Waals surface area contributed by atoms with Crippen molar-refractivity contribution in [3.05, 3.63) is 60.7 Å². The van der Waals surface area contributed by atoms with E-state index >= 15 is 0 Å². The largest absolute Gasteiger partial charge is 0.342 e. The Hall–Kier alpha value is -2.34. The second-order valence-electron chi connectivity index (χ2n) is 7.29. The molecule has 6 heteroatoms. The number of thioether (sulfide) groups is 1. The van der Waals surface area contributed by atoms with Crippen LogP contribution < -0.4 is 0 Å². The molecule has 4 nitrogen and oxygen atoms in total. The van der Waals surface area contributed by atoms with Gasteiger partial charge in [0.25, 0.3) is 0 Å². The van der Waals surface area contributed by atoms with Crippen molar-refractivity contribution in [3.63, 3.8) is 0 Å². The lowest BCUT2D eigenvalue weighted by Crippen LogP contribution is -2.41. The first-order chi connectivity index (χ1) is 13.7. The fraction of sp³-hybridized carbons (Fsp3) is 0.364. The number of carbonyl (C=O) groups excluding carboxylic acids is 1. The monoisotopic (exact) mass is 397 g/mol. The molecule has 1 aliphatic heterocycles. The Labute approximate surface area is 168 Å². The number of halogens is 1. The van der Waals surface area contributed by atoms with Gasteiger partial charge in [-0.2, -0.15) is 0 Å². The van der Waals surface area contributed by atoms with Crippen molar-refractivity contribution in [1.82, 2.24) is 14.5 Å². The molecule has 0 spiro atoms. The second kappa shape index (κ2) is 8.78. The number of fused-ring (bicyclic) bond motifs is 1. The van der Waals surface area contributed by atoms with E-state index in [0.29, 0.717) is 12.3 Å². The van der Waals surface area contributed by atoms with Crippen molar-refractivity contribution in [2.75, 3.05) is 18.8 Å². The van der Waals surface area contributed by atoms with Gasteiger partial charge in [0.15, 0.2) is 0 Å². The summed E-state index contributed by atoms with van der Waals surface area (Å²) < 4.78 is 15.2. The zero-order valence-electron chi connectivity index (χ0n) is 15.8. The fourth-order valence-electron chi connectivity index (χ4n) is 3.82. The first-order valence-corrected chi connectivity index (χ1v) is 10.7. The molecule has 4 rings (SSSR count). The topological polar surface area (TPSA) is 38.1 Å². The SMILES string of the molecule is O=C(CCSc1ccc(F)cc1)N1CCC[C@@H](Cn2cnc3ccccc32)C1. The lowest BCUT2D eigenvalue weighted by atomic mass is 9.97. The van der Waals surface area contributed by atoms with Gasteiger partial charge < -0.3 is 9.47 Å². The van der Waals surface area contributed by atoms with Crippen LogP contribution in [0.2, 0.25) is 0 Å². The molecule has 1 aromatic heterocycles. The van der Waals surface area contributed by atoms with Crippen LogP contribution in [-0.2, 0) is 11.3 Å². The number of carbonyl (C=O) groups is 1. The standard InChI is InChI=1S/C22H24FN3OS/c23-18-7-9-19(10-8-18)28-13-11-22(27)25-12-3-4-17(14-25)15-26-16-24-20-5-1-2-6-21(20)26/h1-2,5-10,16-17H,3-4,11-15H2/t17-/m1/s1. The second-order valence-corrected chi connectivity index (χ2v) is 8.45. The summed E-state index contributed by atoms with van der Waals surface area (Å²) in [6.07, 6.45) is 4.61. The minimum absolute atomic E-state index is 0.217. The van der Waals surface area contributed by atoms with Gasteiger partial charge in [0.05, 0.1) is 17.4 Å². The molecule has 0 radical (unpaired) electrons. The van der Waals surface area contributed by atoms with Crippen LogP contribution in [0.3, 0.4) is 0 Å². The van der Waals surface area contributed by atoms with E-state index < -0.39 is 0 Å². The zero-order valence-corrected chi connectivity index (χ0v) is 16.6. The molecule has 0 saturated carbocycles. The Balaban J connectivity index is 1.29. The number of para-hydroxylation sites is 2. The molecular weight excluding hydrogens is 373 g/mol. The number of piperidine rings is 1. The molecule has 3 aromatic rings. The van der Waals surface area contributed by atoms with Crippen LogP contribution in [0.1, 0.15) is 19.3 Å². The molecular formula is C22H24FN3OS. The molecule has 146 valence electrons. The van der Waals surface area contributed by atoms with E-state index in [1.165, 1.54) is 12.1 Å². The predicted octanol–water partition coefficient (Wildman–Crippen LogP) is 4.60. The van der Waals surface area contributed by atoms with Gasteiger partial charge in [-0.05, 0) is 55.2 Å². The summed E-state index contributed by atoms with van der Waals surface area (Å²) in [7, 11) is 0. The van der Waals surface area contributed by atoms with Crippen LogP contribution in [-0.4, -0.2) is 39.2 Å².